The zero-order valence-corrected chi connectivity index (χ0v) is 13.1. The lowest BCUT2D eigenvalue weighted by Crippen LogP contribution is -2.41. The Morgan fingerprint density at radius 2 is 2.00 bits per heavy atom. The van der Waals surface area contributed by atoms with Crippen molar-refractivity contribution >= 4 is 33.5 Å². The molecular weight excluding hydrogens is 316 g/mol. The van der Waals surface area contributed by atoms with Crippen molar-refractivity contribution in [1.29, 1.82) is 0 Å². The van der Waals surface area contributed by atoms with E-state index in [1.54, 1.807) is 0 Å². The molecule has 2 N–H and O–H groups in total. The maximum absolute atomic E-state index is 12.2. The lowest BCUT2D eigenvalue weighted by Gasteiger charge is -2.29. The van der Waals surface area contributed by atoms with Crippen molar-refractivity contribution in [2.45, 2.75) is 19.8 Å². The molecule has 0 saturated carbocycles. The number of anilines is 1. The van der Waals surface area contributed by atoms with Crippen LogP contribution in [0, 0.1) is 5.92 Å². The van der Waals surface area contributed by atoms with Gasteiger partial charge in [0, 0.05) is 13.1 Å². The summed E-state index contributed by atoms with van der Waals surface area (Å²) >= 11 is 5.83. The molecule has 0 bridgehead atoms. The summed E-state index contributed by atoms with van der Waals surface area (Å²) in [4.78, 5) is 10.9. The fourth-order valence-corrected chi connectivity index (χ4v) is 3.70. The van der Waals surface area contributed by atoms with Crippen molar-refractivity contribution in [3.63, 3.8) is 0 Å². The molecule has 0 radical (unpaired) electrons. The molecule has 0 spiro atoms. The zero-order valence-electron chi connectivity index (χ0n) is 11.5. The van der Waals surface area contributed by atoms with Crippen LogP contribution in [0.1, 0.15) is 30.1 Å². The molecule has 0 atom stereocenters. The maximum Gasteiger partial charge on any atom is 0.337 e. The third-order valence-electron chi connectivity index (χ3n) is 3.53. The number of hydrogen-bond acceptors (Lipinski definition) is 3. The van der Waals surface area contributed by atoms with Crippen LogP contribution in [0.2, 0.25) is 5.02 Å². The second-order valence-corrected chi connectivity index (χ2v) is 7.27. The van der Waals surface area contributed by atoms with E-state index in [1.165, 1.54) is 22.5 Å². The lowest BCUT2D eigenvalue weighted by molar-refractivity contribution is 0.0697. The average molecular weight is 333 g/mol. The highest BCUT2D eigenvalue weighted by atomic mass is 35.5. The number of carboxylic acid groups (broad SMARTS) is 1. The van der Waals surface area contributed by atoms with Crippen LogP contribution in [0.5, 0.6) is 0 Å². The van der Waals surface area contributed by atoms with E-state index < -0.39 is 16.2 Å². The molecule has 8 heteroatoms. The van der Waals surface area contributed by atoms with Crippen LogP contribution in [0.25, 0.3) is 0 Å². The van der Waals surface area contributed by atoms with Crippen molar-refractivity contribution < 1.29 is 18.3 Å². The molecular formula is C13H17ClN2O4S. The highest BCUT2D eigenvalue weighted by Gasteiger charge is 2.26. The molecule has 0 unspecified atom stereocenters. The molecule has 116 valence electrons. The van der Waals surface area contributed by atoms with Gasteiger partial charge in [0.1, 0.15) is 0 Å². The fraction of sp³-hybridized carbons (Fsp3) is 0.462. The third-order valence-corrected chi connectivity index (χ3v) is 5.38. The van der Waals surface area contributed by atoms with Crippen LogP contribution >= 0.6 is 11.6 Å². The summed E-state index contributed by atoms with van der Waals surface area (Å²) in [5.41, 5.74) is 0.190. The van der Waals surface area contributed by atoms with Gasteiger partial charge in [-0.05, 0) is 37.0 Å². The van der Waals surface area contributed by atoms with Gasteiger partial charge in [-0.2, -0.15) is 12.7 Å². The van der Waals surface area contributed by atoms with E-state index in [-0.39, 0.29) is 16.3 Å². The van der Waals surface area contributed by atoms with Gasteiger partial charge in [0.05, 0.1) is 16.3 Å². The monoisotopic (exact) mass is 332 g/mol. The van der Waals surface area contributed by atoms with E-state index in [9.17, 15) is 13.2 Å². The number of halogens is 1. The Balaban J connectivity index is 2.13. The minimum atomic E-state index is -3.63. The number of benzene rings is 1. The topological polar surface area (TPSA) is 86.7 Å². The molecule has 21 heavy (non-hydrogen) atoms. The van der Waals surface area contributed by atoms with E-state index in [1.807, 2.05) is 0 Å². The average Bonchev–Trinajstić information content (AvgIpc) is 2.38. The van der Waals surface area contributed by atoms with Gasteiger partial charge < -0.3 is 5.11 Å². The molecule has 1 heterocycles. The van der Waals surface area contributed by atoms with E-state index in [0.29, 0.717) is 19.0 Å². The van der Waals surface area contributed by atoms with Gasteiger partial charge in [0.2, 0.25) is 0 Å². The first-order chi connectivity index (χ1) is 9.79. The standard InChI is InChI=1S/C13H17ClN2O4S/c1-9-4-6-16(7-5-9)21(19,20)15-10-2-3-11(13(17)18)12(14)8-10/h2-3,8-9,15H,4-7H2,1H3,(H,17,18). The lowest BCUT2D eigenvalue weighted by atomic mass is 10.0. The molecule has 6 nitrogen and oxygen atoms in total. The van der Waals surface area contributed by atoms with Crippen LogP contribution in [0.4, 0.5) is 5.69 Å². The molecule has 0 aromatic heterocycles. The van der Waals surface area contributed by atoms with Gasteiger partial charge in [-0.3, -0.25) is 4.72 Å². The minimum Gasteiger partial charge on any atom is -0.478 e. The fourth-order valence-electron chi connectivity index (χ4n) is 2.19. The normalized spacial score (nSPS) is 17.6. The summed E-state index contributed by atoms with van der Waals surface area (Å²) in [5.74, 6) is -0.625. The largest absolute Gasteiger partial charge is 0.478 e. The predicted molar refractivity (Wildman–Crippen MR) is 80.9 cm³/mol. The minimum absolute atomic E-state index is 0.00466. The number of hydrogen-bond donors (Lipinski definition) is 2. The number of carboxylic acids is 1. The van der Waals surface area contributed by atoms with Crippen LogP contribution in [0.15, 0.2) is 18.2 Å². The third kappa shape index (κ3) is 3.87. The van der Waals surface area contributed by atoms with E-state index in [0.717, 1.165) is 12.8 Å². The van der Waals surface area contributed by atoms with Crippen molar-refractivity contribution in [3.8, 4) is 0 Å². The number of rotatable bonds is 4. The number of nitrogens with zero attached hydrogens (tertiary/aromatic N) is 1. The van der Waals surface area contributed by atoms with Crippen molar-refractivity contribution in [1.82, 2.24) is 4.31 Å². The van der Waals surface area contributed by atoms with Crippen molar-refractivity contribution in [2.75, 3.05) is 17.8 Å². The smallest absolute Gasteiger partial charge is 0.337 e. The summed E-state index contributed by atoms with van der Waals surface area (Å²) in [6.45, 7) is 3.07. The zero-order chi connectivity index (χ0) is 15.6. The first-order valence-electron chi connectivity index (χ1n) is 6.60. The van der Waals surface area contributed by atoms with E-state index in [2.05, 4.69) is 11.6 Å². The Kier molecular flexibility index (Phi) is 4.75. The summed E-state index contributed by atoms with van der Waals surface area (Å²) in [6, 6.07) is 3.97. The predicted octanol–water partition coefficient (Wildman–Crippen LogP) is 2.43. The molecule has 0 amide bonds. The van der Waals surface area contributed by atoms with Gasteiger partial charge in [-0.25, -0.2) is 4.79 Å². The van der Waals surface area contributed by atoms with Crippen LogP contribution in [0.3, 0.4) is 0 Å². The highest BCUT2D eigenvalue weighted by Crippen LogP contribution is 2.24. The van der Waals surface area contributed by atoms with Gasteiger partial charge >= 0.3 is 16.2 Å². The molecule has 1 saturated heterocycles. The van der Waals surface area contributed by atoms with Crippen molar-refractivity contribution in [2.24, 2.45) is 5.92 Å². The number of piperidine rings is 1. The number of aromatic carboxylic acids is 1. The molecule has 1 aliphatic rings. The Hall–Kier alpha value is -1.31. The summed E-state index contributed by atoms with van der Waals surface area (Å²) in [5, 5.41) is 8.88. The number of carbonyl (C=O) groups is 1. The van der Waals surface area contributed by atoms with Gasteiger partial charge in [-0.15, -0.1) is 0 Å². The number of nitrogens with one attached hydrogen (secondary N) is 1. The SMILES string of the molecule is CC1CCN(S(=O)(=O)Nc2ccc(C(=O)O)c(Cl)c2)CC1. The Morgan fingerprint density at radius 3 is 2.52 bits per heavy atom. The summed E-state index contributed by atoms with van der Waals surface area (Å²) in [7, 11) is -3.63. The molecule has 1 aromatic carbocycles. The van der Waals surface area contributed by atoms with Crippen LogP contribution in [-0.4, -0.2) is 36.9 Å². The first-order valence-corrected chi connectivity index (χ1v) is 8.42. The van der Waals surface area contributed by atoms with Crippen LogP contribution < -0.4 is 4.72 Å². The Bertz CT molecular complexity index is 640. The van der Waals surface area contributed by atoms with Crippen LogP contribution in [-0.2, 0) is 10.2 Å². The summed E-state index contributed by atoms with van der Waals surface area (Å²) in [6.07, 6.45) is 1.67. The van der Waals surface area contributed by atoms with Crippen molar-refractivity contribution in [3.05, 3.63) is 28.8 Å². The quantitative estimate of drug-likeness (QED) is 0.886. The Morgan fingerprint density at radius 1 is 1.38 bits per heavy atom. The molecule has 2 rings (SSSR count). The van der Waals surface area contributed by atoms with Gasteiger partial charge in [0.25, 0.3) is 0 Å². The van der Waals surface area contributed by atoms with E-state index >= 15 is 0 Å². The second kappa shape index (κ2) is 6.21. The molecule has 0 aliphatic carbocycles. The second-order valence-electron chi connectivity index (χ2n) is 5.19. The summed E-state index contributed by atoms with van der Waals surface area (Å²) < 4.78 is 28.3. The molecule has 1 aromatic rings. The maximum atomic E-state index is 12.2. The Labute approximate surface area is 128 Å². The van der Waals surface area contributed by atoms with Gasteiger partial charge in [-0.1, -0.05) is 18.5 Å². The molecule has 1 aliphatic heterocycles. The highest BCUT2D eigenvalue weighted by molar-refractivity contribution is 7.90. The molecule has 1 fully saturated rings. The first kappa shape index (κ1) is 16.1. The van der Waals surface area contributed by atoms with Gasteiger partial charge in [0.15, 0.2) is 0 Å². The van der Waals surface area contributed by atoms with E-state index in [4.69, 9.17) is 16.7 Å².